The largest absolute Gasteiger partial charge is 0.467 e. The highest BCUT2D eigenvalue weighted by atomic mass is 35.5. The summed E-state index contributed by atoms with van der Waals surface area (Å²) in [6, 6.07) is -0.439. The molecule has 0 radical (unpaired) electrons. The van der Waals surface area contributed by atoms with Gasteiger partial charge in [0.2, 0.25) is 0 Å². The van der Waals surface area contributed by atoms with E-state index in [0.717, 1.165) is 11.4 Å². The Morgan fingerprint density at radius 1 is 1.57 bits per heavy atom. The van der Waals surface area contributed by atoms with E-state index in [2.05, 4.69) is 9.84 Å². The zero-order valence-corrected chi connectivity index (χ0v) is 9.42. The van der Waals surface area contributed by atoms with Crippen LogP contribution in [-0.4, -0.2) is 22.9 Å². The smallest absolute Gasteiger partial charge is 0.330 e. The predicted molar refractivity (Wildman–Crippen MR) is 53.4 cm³/mol. The number of carbonyl (C=O) groups is 1. The van der Waals surface area contributed by atoms with E-state index in [1.807, 2.05) is 6.92 Å². The molecule has 1 rings (SSSR count). The van der Waals surface area contributed by atoms with Gasteiger partial charge in [0.25, 0.3) is 0 Å². The summed E-state index contributed by atoms with van der Waals surface area (Å²) < 4.78 is 6.20. The summed E-state index contributed by atoms with van der Waals surface area (Å²) in [5, 5.41) is 4.76. The van der Waals surface area contributed by atoms with Gasteiger partial charge in [-0.05, 0) is 20.8 Å². The normalized spacial score (nSPS) is 12.6. The zero-order valence-electron chi connectivity index (χ0n) is 8.67. The summed E-state index contributed by atoms with van der Waals surface area (Å²) in [6.07, 6.45) is 0. The fourth-order valence-corrected chi connectivity index (χ4v) is 1.41. The van der Waals surface area contributed by atoms with Gasteiger partial charge in [0.1, 0.15) is 6.04 Å². The second-order valence-electron chi connectivity index (χ2n) is 3.13. The number of aryl methyl sites for hydroxylation is 1. The monoisotopic (exact) mass is 216 g/mol. The van der Waals surface area contributed by atoms with Crippen molar-refractivity contribution < 1.29 is 9.53 Å². The third kappa shape index (κ3) is 1.75. The van der Waals surface area contributed by atoms with Crippen LogP contribution in [0.2, 0.25) is 5.02 Å². The van der Waals surface area contributed by atoms with Gasteiger partial charge >= 0.3 is 5.97 Å². The van der Waals surface area contributed by atoms with Crippen molar-refractivity contribution in [1.29, 1.82) is 0 Å². The van der Waals surface area contributed by atoms with Crippen molar-refractivity contribution in [2.75, 3.05) is 7.11 Å². The van der Waals surface area contributed by atoms with Gasteiger partial charge in [0, 0.05) is 0 Å². The molecule has 0 N–H and O–H groups in total. The maximum absolute atomic E-state index is 11.3. The molecule has 0 saturated heterocycles. The van der Waals surface area contributed by atoms with E-state index < -0.39 is 6.04 Å². The number of aromatic nitrogens is 2. The molecule has 0 amide bonds. The SMILES string of the molecule is COC(=O)[C@@H](C)n1nc(C)c(Cl)c1C. The Hall–Kier alpha value is -1.03. The average molecular weight is 217 g/mol. The van der Waals surface area contributed by atoms with Crippen LogP contribution in [0, 0.1) is 13.8 Å². The summed E-state index contributed by atoms with van der Waals surface area (Å²) in [5.41, 5.74) is 1.50. The van der Waals surface area contributed by atoms with Crippen LogP contribution in [0.25, 0.3) is 0 Å². The van der Waals surface area contributed by atoms with E-state index in [1.165, 1.54) is 7.11 Å². The summed E-state index contributed by atoms with van der Waals surface area (Å²) >= 11 is 5.95. The quantitative estimate of drug-likeness (QED) is 0.710. The maximum atomic E-state index is 11.3. The molecular formula is C9H13ClN2O2. The molecule has 1 heterocycles. The van der Waals surface area contributed by atoms with Crippen molar-refractivity contribution in [2.45, 2.75) is 26.8 Å². The highest BCUT2D eigenvalue weighted by molar-refractivity contribution is 6.31. The number of hydrogen-bond acceptors (Lipinski definition) is 3. The Balaban J connectivity index is 3.07. The van der Waals surface area contributed by atoms with Crippen LogP contribution in [0.3, 0.4) is 0 Å². The molecule has 0 aliphatic carbocycles. The van der Waals surface area contributed by atoms with Crippen LogP contribution in [0.15, 0.2) is 0 Å². The number of hydrogen-bond donors (Lipinski definition) is 0. The number of methoxy groups -OCH3 is 1. The molecule has 0 aromatic carbocycles. The second kappa shape index (κ2) is 4.00. The van der Waals surface area contributed by atoms with Crippen molar-refractivity contribution in [3.8, 4) is 0 Å². The lowest BCUT2D eigenvalue weighted by Gasteiger charge is -2.11. The van der Waals surface area contributed by atoms with Gasteiger partial charge in [-0.1, -0.05) is 11.6 Å². The fraction of sp³-hybridized carbons (Fsp3) is 0.556. The average Bonchev–Trinajstić information content (AvgIpc) is 2.43. The second-order valence-corrected chi connectivity index (χ2v) is 3.51. The van der Waals surface area contributed by atoms with Crippen LogP contribution < -0.4 is 0 Å². The van der Waals surface area contributed by atoms with Crippen LogP contribution in [-0.2, 0) is 9.53 Å². The molecule has 1 atom stereocenters. The molecule has 0 aliphatic rings. The number of rotatable bonds is 2. The number of halogens is 1. The first-order valence-electron chi connectivity index (χ1n) is 4.28. The minimum absolute atomic E-state index is 0.327. The van der Waals surface area contributed by atoms with Crippen molar-refractivity contribution in [1.82, 2.24) is 9.78 Å². The zero-order chi connectivity index (χ0) is 10.9. The summed E-state index contributed by atoms with van der Waals surface area (Å²) in [4.78, 5) is 11.3. The van der Waals surface area contributed by atoms with Gasteiger partial charge in [0.15, 0.2) is 0 Å². The minimum atomic E-state index is -0.439. The van der Waals surface area contributed by atoms with Gasteiger partial charge in [-0.25, -0.2) is 4.79 Å². The Kier molecular flexibility index (Phi) is 3.16. The molecule has 0 fully saturated rings. The van der Waals surface area contributed by atoms with Crippen molar-refractivity contribution in [3.05, 3.63) is 16.4 Å². The lowest BCUT2D eigenvalue weighted by molar-refractivity contribution is -0.144. The number of ether oxygens (including phenoxy) is 1. The van der Waals surface area contributed by atoms with Gasteiger partial charge in [0.05, 0.1) is 23.5 Å². The van der Waals surface area contributed by atoms with Crippen LogP contribution in [0.4, 0.5) is 0 Å². The van der Waals surface area contributed by atoms with E-state index in [4.69, 9.17) is 11.6 Å². The van der Waals surface area contributed by atoms with Gasteiger partial charge in [-0.15, -0.1) is 0 Å². The number of nitrogens with zero attached hydrogens (tertiary/aromatic N) is 2. The molecule has 1 aromatic rings. The van der Waals surface area contributed by atoms with Crippen molar-refractivity contribution in [3.63, 3.8) is 0 Å². The molecule has 1 aromatic heterocycles. The van der Waals surface area contributed by atoms with Gasteiger partial charge < -0.3 is 4.74 Å². The molecule has 0 aliphatic heterocycles. The van der Waals surface area contributed by atoms with Crippen molar-refractivity contribution >= 4 is 17.6 Å². The summed E-state index contributed by atoms with van der Waals surface area (Å²) in [7, 11) is 1.35. The minimum Gasteiger partial charge on any atom is -0.467 e. The van der Waals surface area contributed by atoms with E-state index in [9.17, 15) is 4.79 Å². The standard InChI is InChI=1S/C9H13ClN2O2/c1-5-8(10)6(2)12(11-5)7(3)9(13)14-4/h7H,1-4H3/t7-/m1/s1. The Labute approximate surface area is 87.8 Å². The highest BCUT2D eigenvalue weighted by Gasteiger charge is 2.20. The predicted octanol–water partition coefficient (Wildman–Crippen LogP) is 1.89. The van der Waals surface area contributed by atoms with Crippen LogP contribution >= 0.6 is 11.6 Å². The van der Waals surface area contributed by atoms with Gasteiger partial charge in [-0.3, -0.25) is 4.68 Å². The van der Waals surface area contributed by atoms with Crippen LogP contribution in [0.5, 0.6) is 0 Å². The molecule has 0 spiro atoms. The molecule has 0 bridgehead atoms. The molecule has 4 nitrogen and oxygen atoms in total. The first kappa shape index (κ1) is 11.0. The molecule has 14 heavy (non-hydrogen) atoms. The lowest BCUT2D eigenvalue weighted by atomic mass is 10.3. The molecule has 78 valence electrons. The van der Waals surface area contributed by atoms with E-state index in [-0.39, 0.29) is 5.97 Å². The summed E-state index contributed by atoms with van der Waals surface area (Å²) in [5.74, 6) is -0.327. The van der Waals surface area contributed by atoms with Crippen LogP contribution in [0.1, 0.15) is 24.4 Å². The molecule has 0 saturated carbocycles. The molecular weight excluding hydrogens is 204 g/mol. The lowest BCUT2D eigenvalue weighted by Crippen LogP contribution is -2.19. The molecule has 0 unspecified atom stereocenters. The first-order chi connectivity index (χ1) is 6.49. The number of esters is 1. The Morgan fingerprint density at radius 3 is 2.50 bits per heavy atom. The van der Waals surface area contributed by atoms with Crippen molar-refractivity contribution in [2.24, 2.45) is 0 Å². The van der Waals surface area contributed by atoms with E-state index >= 15 is 0 Å². The first-order valence-corrected chi connectivity index (χ1v) is 4.65. The van der Waals surface area contributed by atoms with E-state index in [1.54, 1.807) is 18.5 Å². The van der Waals surface area contributed by atoms with E-state index in [0.29, 0.717) is 5.02 Å². The Morgan fingerprint density at radius 2 is 2.14 bits per heavy atom. The fourth-order valence-electron chi connectivity index (χ4n) is 1.29. The topological polar surface area (TPSA) is 44.1 Å². The number of carbonyl (C=O) groups excluding carboxylic acids is 1. The highest BCUT2D eigenvalue weighted by Crippen LogP contribution is 2.22. The molecule has 5 heteroatoms. The van der Waals surface area contributed by atoms with Gasteiger partial charge in [-0.2, -0.15) is 5.10 Å². The summed E-state index contributed by atoms with van der Waals surface area (Å²) in [6.45, 7) is 5.35. The third-order valence-corrected chi connectivity index (χ3v) is 2.69. The maximum Gasteiger partial charge on any atom is 0.330 e. The third-order valence-electron chi connectivity index (χ3n) is 2.15. The Bertz CT molecular complexity index is 360.